The molecule has 2 nitrogen and oxygen atoms in total. The zero-order valence-corrected chi connectivity index (χ0v) is 11.1. The van der Waals surface area contributed by atoms with Gasteiger partial charge in [0, 0.05) is 16.0 Å². The zero-order chi connectivity index (χ0) is 13.4. The Morgan fingerprint density at radius 1 is 0.947 bits per heavy atom. The van der Waals surface area contributed by atoms with Crippen LogP contribution in [0.4, 0.5) is 4.39 Å². The van der Waals surface area contributed by atoms with Crippen molar-refractivity contribution in [3.63, 3.8) is 0 Å². The van der Waals surface area contributed by atoms with E-state index in [9.17, 15) is 4.39 Å². The van der Waals surface area contributed by atoms with E-state index >= 15 is 0 Å². The molecule has 3 aromatic rings. The summed E-state index contributed by atoms with van der Waals surface area (Å²) in [4.78, 5) is 8.40. The van der Waals surface area contributed by atoms with Gasteiger partial charge < -0.3 is 0 Å². The van der Waals surface area contributed by atoms with Gasteiger partial charge in [-0.2, -0.15) is 0 Å². The fourth-order valence-electron chi connectivity index (χ4n) is 1.84. The average Bonchev–Trinajstić information content (AvgIpc) is 2.40. The molecule has 0 N–H and O–H groups in total. The van der Waals surface area contributed by atoms with E-state index in [0.717, 1.165) is 0 Å². The van der Waals surface area contributed by atoms with Gasteiger partial charge in [0.2, 0.25) is 0 Å². The number of para-hydroxylation sites is 1. The lowest BCUT2D eigenvalue weighted by atomic mass is 10.2. The highest BCUT2D eigenvalue weighted by atomic mass is 35.5. The van der Waals surface area contributed by atoms with Crippen molar-refractivity contribution in [3.05, 3.63) is 58.5 Å². The van der Waals surface area contributed by atoms with Gasteiger partial charge in [0.15, 0.2) is 5.82 Å². The molecule has 0 amide bonds. The van der Waals surface area contributed by atoms with E-state index in [1.165, 1.54) is 6.07 Å². The predicted molar refractivity (Wildman–Crippen MR) is 75.0 cm³/mol. The molecule has 0 fully saturated rings. The van der Waals surface area contributed by atoms with E-state index in [0.29, 0.717) is 21.8 Å². The molecule has 2 aromatic carbocycles. The molecule has 3 rings (SSSR count). The second kappa shape index (κ2) is 4.76. The average molecular weight is 293 g/mol. The van der Waals surface area contributed by atoms with Gasteiger partial charge in [-0.1, -0.05) is 41.4 Å². The Balaban J connectivity index is 2.29. The quantitative estimate of drug-likeness (QED) is 0.605. The van der Waals surface area contributed by atoms with Crippen LogP contribution < -0.4 is 0 Å². The molecule has 0 spiro atoms. The van der Waals surface area contributed by atoms with Crippen molar-refractivity contribution in [2.45, 2.75) is 0 Å². The molecule has 19 heavy (non-hydrogen) atoms. The highest BCUT2D eigenvalue weighted by Crippen LogP contribution is 2.27. The summed E-state index contributed by atoms with van der Waals surface area (Å²) in [5, 5.41) is 1.28. The van der Waals surface area contributed by atoms with Crippen LogP contribution in [0.25, 0.3) is 22.3 Å². The molecule has 0 aliphatic rings. The Morgan fingerprint density at radius 2 is 1.74 bits per heavy atom. The molecule has 1 heterocycles. The normalized spacial score (nSPS) is 10.9. The maximum atomic E-state index is 13.8. The van der Waals surface area contributed by atoms with Crippen molar-refractivity contribution in [2.75, 3.05) is 0 Å². The number of hydrogen-bond donors (Lipinski definition) is 0. The molecule has 0 saturated heterocycles. The topological polar surface area (TPSA) is 25.8 Å². The zero-order valence-electron chi connectivity index (χ0n) is 9.57. The fraction of sp³-hybridized carbons (Fsp3) is 0. The Bertz CT molecular complexity index is 774. The molecule has 0 radical (unpaired) electrons. The van der Waals surface area contributed by atoms with Gasteiger partial charge in [0.05, 0.1) is 0 Å². The van der Waals surface area contributed by atoms with Gasteiger partial charge >= 0.3 is 0 Å². The molecule has 0 saturated carbocycles. The first-order valence-electron chi connectivity index (χ1n) is 5.53. The molecule has 94 valence electrons. The van der Waals surface area contributed by atoms with Crippen LogP contribution in [0.15, 0.2) is 42.5 Å². The number of rotatable bonds is 1. The lowest BCUT2D eigenvalue weighted by Crippen LogP contribution is -1.93. The van der Waals surface area contributed by atoms with Crippen LogP contribution in [-0.4, -0.2) is 9.97 Å². The number of nitrogens with zero attached hydrogens (tertiary/aromatic N) is 2. The lowest BCUT2D eigenvalue weighted by Gasteiger charge is -2.05. The number of halogens is 3. The molecule has 0 aliphatic heterocycles. The summed E-state index contributed by atoms with van der Waals surface area (Å²) in [5.74, 6) is -0.0739. The first-order valence-corrected chi connectivity index (χ1v) is 6.28. The summed E-state index contributed by atoms with van der Waals surface area (Å²) < 4.78 is 13.8. The number of fused-ring (bicyclic) bond motifs is 1. The summed E-state index contributed by atoms with van der Waals surface area (Å²) >= 11 is 12.0. The molecular formula is C14H7Cl2FN2. The third kappa shape index (κ3) is 2.27. The standard InChI is InChI=1S/C14H7Cl2FN2/c15-9-4-1-3-8(7-9)14-18-12-10(13(16)19-14)5-2-6-11(12)17/h1-7H. The highest BCUT2D eigenvalue weighted by Gasteiger charge is 2.11. The Labute approximate surface area is 118 Å². The molecule has 1 aromatic heterocycles. The van der Waals surface area contributed by atoms with Crippen LogP contribution in [-0.2, 0) is 0 Å². The monoisotopic (exact) mass is 292 g/mol. The van der Waals surface area contributed by atoms with Gasteiger partial charge in [-0.25, -0.2) is 14.4 Å². The van der Waals surface area contributed by atoms with Crippen LogP contribution >= 0.6 is 23.2 Å². The minimum Gasteiger partial charge on any atom is -0.225 e. The van der Waals surface area contributed by atoms with E-state index in [1.54, 1.807) is 36.4 Å². The molecular weight excluding hydrogens is 286 g/mol. The maximum absolute atomic E-state index is 13.8. The number of aromatic nitrogens is 2. The first kappa shape index (κ1) is 12.3. The smallest absolute Gasteiger partial charge is 0.161 e. The third-order valence-electron chi connectivity index (χ3n) is 2.71. The SMILES string of the molecule is Fc1cccc2c(Cl)nc(-c3cccc(Cl)c3)nc12. The van der Waals surface area contributed by atoms with Gasteiger partial charge in [-0.15, -0.1) is 0 Å². The molecule has 0 aliphatic carbocycles. The van der Waals surface area contributed by atoms with Crippen LogP contribution in [0.1, 0.15) is 0 Å². The van der Waals surface area contributed by atoms with Crippen LogP contribution in [0.3, 0.4) is 0 Å². The summed E-state index contributed by atoms with van der Waals surface area (Å²) in [6.45, 7) is 0. The second-order valence-electron chi connectivity index (χ2n) is 3.98. The highest BCUT2D eigenvalue weighted by molar-refractivity contribution is 6.34. The van der Waals surface area contributed by atoms with Crippen molar-refractivity contribution in [1.29, 1.82) is 0 Å². The minimum atomic E-state index is -0.426. The van der Waals surface area contributed by atoms with Crippen molar-refractivity contribution < 1.29 is 4.39 Å². The fourth-order valence-corrected chi connectivity index (χ4v) is 2.26. The lowest BCUT2D eigenvalue weighted by molar-refractivity contribution is 0.636. The third-order valence-corrected chi connectivity index (χ3v) is 3.24. The summed E-state index contributed by atoms with van der Waals surface area (Å²) in [6.07, 6.45) is 0. The molecule has 0 unspecified atom stereocenters. The molecule has 0 bridgehead atoms. The van der Waals surface area contributed by atoms with Crippen molar-refractivity contribution >= 4 is 34.1 Å². The van der Waals surface area contributed by atoms with E-state index in [1.807, 2.05) is 0 Å². The van der Waals surface area contributed by atoms with Gasteiger partial charge in [0.25, 0.3) is 0 Å². The number of benzene rings is 2. The van der Waals surface area contributed by atoms with Crippen LogP contribution in [0.2, 0.25) is 10.2 Å². The summed E-state index contributed by atoms with van der Waals surface area (Å²) in [6, 6.07) is 11.6. The Hall–Kier alpha value is -1.71. The predicted octanol–water partition coefficient (Wildman–Crippen LogP) is 4.74. The van der Waals surface area contributed by atoms with Crippen molar-refractivity contribution in [1.82, 2.24) is 9.97 Å². The van der Waals surface area contributed by atoms with Crippen LogP contribution in [0.5, 0.6) is 0 Å². The van der Waals surface area contributed by atoms with Gasteiger partial charge in [-0.3, -0.25) is 0 Å². The summed E-state index contributed by atoms with van der Waals surface area (Å²) in [7, 11) is 0. The Morgan fingerprint density at radius 3 is 2.53 bits per heavy atom. The van der Waals surface area contributed by atoms with Crippen LogP contribution in [0, 0.1) is 5.82 Å². The van der Waals surface area contributed by atoms with Gasteiger partial charge in [-0.05, 0) is 24.3 Å². The first-order chi connectivity index (χ1) is 9.15. The largest absolute Gasteiger partial charge is 0.225 e. The minimum absolute atomic E-state index is 0.206. The van der Waals surface area contributed by atoms with E-state index < -0.39 is 5.82 Å². The Kier molecular flexibility index (Phi) is 3.09. The second-order valence-corrected chi connectivity index (χ2v) is 4.78. The van der Waals surface area contributed by atoms with Crippen molar-refractivity contribution in [2.24, 2.45) is 0 Å². The number of hydrogen-bond acceptors (Lipinski definition) is 2. The molecule has 0 atom stereocenters. The van der Waals surface area contributed by atoms with E-state index in [-0.39, 0.29) is 10.7 Å². The van der Waals surface area contributed by atoms with Gasteiger partial charge in [0.1, 0.15) is 16.5 Å². The van der Waals surface area contributed by atoms with E-state index in [4.69, 9.17) is 23.2 Å². The summed E-state index contributed by atoms with van der Waals surface area (Å²) in [5.41, 5.74) is 0.900. The molecule has 5 heteroatoms. The van der Waals surface area contributed by atoms with E-state index in [2.05, 4.69) is 9.97 Å². The van der Waals surface area contributed by atoms with Crippen molar-refractivity contribution in [3.8, 4) is 11.4 Å². The maximum Gasteiger partial charge on any atom is 0.161 e.